The summed E-state index contributed by atoms with van der Waals surface area (Å²) in [6.07, 6.45) is -0.197. The Morgan fingerprint density at radius 3 is 2.79 bits per heavy atom. The fourth-order valence-electron chi connectivity index (χ4n) is 3.96. The van der Waals surface area contributed by atoms with Gasteiger partial charge in [-0.15, -0.1) is 0 Å². The average molecular weight is 416 g/mol. The summed E-state index contributed by atoms with van der Waals surface area (Å²) in [5.41, 5.74) is 2.96. The molecule has 1 saturated heterocycles. The highest BCUT2D eigenvalue weighted by Gasteiger charge is 2.26. The summed E-state index contributed by atoms with van der Waals surface area (Å²) >= 11 is 5.98. The Morgan fingerprint density at radius 2 is 2.03 bits per heavy atom. The van der Waals surface area contributed by atoms with Crippen molar-refractivity contribution < 1.29 is 14.6 Å². The highest BCUT2D eigenvalue weighted by molar-refractivity contribution is 6.30. The van der Waals surface area contributed by atoms with Gasteiger partial charge in [0.25, 0.3) is 0 Å². The molecule has 2 aliphatic heterocycles. The number of amides is 1. The minimum atomic E-state index is -0.576. The molecule has 0 saturated carbocycles. The second kappa shape index (κ2) is 8.61. The predicted molar refractivity (Wildman–Crippen MR) is 115 cm³/mol. The molecule has 2 aromatic carbocycles. The normalized spacial score (nSPS) is 20.3. The summed E-state index contributed by atoms with van der Waals surface area (Å²) < 4.78 is 5.77. The van der Waals surface area contributed by atoms with Crippen molar-refractivity contribution in [3.8, 4) is 5.75 Å². The smallest absolute Gasteiger partial charge is 0.228 e. The Labute approximate surface area is 176 Å². The van der Waals surface area contributed by atoms with Gasteiger partial charge >= 0.3 is 0 Å². The number of aliphatic hydroxyl groups is 1. The molecule has 6 nitrogen and oxygen atoms in total. The van der Waals surface area contributed by atoms with Crippen LogP contribution < -0.4 is 15.0 Å². The minimum Gasteiger partial charge on any atom is -0.491 e. The fourth-order valence-corrected chi connectivity index (χ4v) is 4.09. The minimum absolute atomic E-state index is 0.00362. The van der Waals surface area contributed by atoms with Gasteiger partial charge in [0.05, 0.1) is 6.42 Å². The van der Waals surface area contributed by atoms with Gasteiger partial charge in [-0.3, -0.25) is 9.69 Å². The number of halogens is 1. The summed E-state index contributed by atoms with van der Waals surface area (Å²) in [7, 11) is 0. The van der Waals surface area contributed by atoms with Crippen molar-refractivity contribution in [1.29, 1.82) is 0 Å². The number of aliphatic hydroxyl groups excluding tert-OH is 1. The molecule has 7 heteroatoms. The number of nitrogens with zero attached hydrogens (tertiary/aromatic N) is 2. The second-order valence-electron chi connectivity index (χ2n) is 7.78. The van der Waals surface area contributed by atoms with Crippen molar-refractivity contribution in [3.63, 3.8) is 0 Å². The third kappa shape index (κ3) is 4.83. The number of rotatable bonds is 6. The van der Waals surface area contributed by atoms with Crippen LogP contribution in [0.2, 0.25) is 5.02 Å². The quantitative estimate of drug-likeness (QED) is 0.759. The summed E-state index contributed by atoms with van der Waals surface area (Å²) in [5.74, 6) is 0.684. The average Bonchev–Trinajstić information content (AvgIpc) is 3.08. The maximum absolute atomic E-state index is 11.5. The van der Waals surface area contributed by atoms with Gasteiger partial charge in [0, 0.05) is 48.6 Å². The zero-order valence-electron chi connectivity index (χ0n) is 16.5. The fraction of sp³-hybridized carbons (Fsp3) is 0.409. The maximum atomic E-state index is 11.5. The molecule has 1 amide bonds. The van der Waals surface area contributed by atoms with Crippen LogP contribution in [0.3, 0.4) is 0 Å². The van der Waals surface area contributed by atoms with Crippen LogP contribution in [0.4, 0.5) is 11.4 Å². The van der Waals surface area contributed by atoms with Crippen molar-refractivity contribution in [3.05, 3.63) is 53.1 Å². The molecule has 0 radical (unpaired) electrons. The molecule has 29 heavy (non-hydrogen) atoms. The first-order valence-electron chi connectivity index (χ1n) is 9.96. The predicted octanol–water partition coefficient (Wildman–Crippen LogP) is 2.79. The van der Waals surface area contributed by atoms with Gasteiger partial charge in [-0.2, -0.15) is 0 Å². The van der Waals surface area contributed by atoms with Crippen LogP contribution in [0, 0.1) is 0 Å². The number of carbonyl (C=O) groups excluding carboxylic acids is 1. The zero-order chi connectivity index (χ0) is 20.4. The standard InChI is InChI=1S/C22H26ClN3O3/c1-15-12-26(18-4-2-17(23)3-5-18)9-8-25(15)13-19(27)14-29-20-6-7-21-16(10-20)11-22(28)24-21/h2-7,10,15,19,27H,8-9,11-14H2,1H3,(H,24,28)/t15-,19+/m0/s1. The molecule has 2 aliphatic rings. The van der Waals surface area contributed by atoms with Crippen LogP contribution in [-0.4, -0.2) is 60.8 Å². The molecule has 2 atom stereocenters. The molecule has 1 fully saturated rings. The van der Waals surface area contributed by atoms with E-state index in [4.69, 9.17) is 16.3 Å². The van der Waals surface area contributed by atoms with E-state index in [1.54, 1.807) is 0 Å². The number of fused-ring (bicyclic) bond motifs is 1. The van der Waals surface area contributed by atoms with Gasteiger partial charge in [0.2, 0.25) is 5.91 Å². The SMILES string of the molecule is C[C@H]1CN(c2ccc(Cl)cc2)CCN1C[C@@H](O)COc1ccc2c(c1)CC(=O)N2. The first-order chi connectivity index (χ1) is 14.0. The van der Waals surface area contributed by atoms with E-state index in [9.17, 15) is 9.90 Å². The van der Waals surface area contributed by atoms with Gasteiger partial charge in [-0.05, 0) is 55.0 Å². The number of piperazine rings is 1. The van der Waals surface area contributed by atoms with Crippen LogP contribution >= 0.6 is 11.6 Å². The molecular formula is C22H26ClN3O3. The molecule has 0 aromatic heterocycles. The van der Waals surface area contributed by atoms with Gasteiger partial charge in [-0.25, -0.2) is 0 Å². The largest absolute Gasteiger partial charge is 0.491 e. The van der Waals surface area contributed by atoms with Crippen molar-refractivity contribution in [2.45, 2.75) is 25.5 Å². The number of ether oxygens (including phenoxy) is 1. The molecule has 2 aromatic rings. The molecule has 2 N–H and O–H groups in total. The highest BCUT2D eigenvalue weighted by atomic mass is 35.5. The molecule has 0 spiro atoms. The second-order valence-corrected chi connectivity index (χ2v) is 8.21. The molecular weight excluding hydrogens is 390 g/mol. The van der Waals surface area contributed by atoms with Crippen molar-refractivity contribution in [2.24, 2.45) is 0 Å². The molecule has 0 bridgehead atoms. The Morgan fingerprint density at radius 1 is 1.24 bits per heavy atom. The highest BCUT2D eigenvalue weighted by Crippen LogP contribution is 2.27. The van der Waals surface area contributed by atoms with E-state index in [2.05, 4.69) is 22.0 Å². The first-order valence-corrected chi connectivity index (χ1v) is 10.3. The van der Waals surface area contributed by atoms with E-state index in [-0.39, 0.29) is 12.5 Å². The summed E-state index contributed by atoms with van der Waals surface area (Å²) in [5, 5.41) is 14.0. The summed E-state index contributed by atoms with van der Waals surface area (Å²) in [6.45, 7) is 5.67. The van der Waals surface area contributed by atoms with Gasteiger partial charge < -0.3 is 20.1 Å². The Balaban J connectivity index is 1.26. The van der Waals surface area contributed by atoms with Crippen LogP contribution in [0.5, 0.6) is 5.75 Å². The van der Waals surface area contributed by atoms with Crippen molar-refractivity contribution >= 4 is 28.9 Å². The summed E-state index contributed by atoms with van der Waals surface area (Å²) in [6, 6.07) is 13.8. The number of hydrogen-bond donors (Lipinski definition) is 2. The number of β-amino-alcohol motifs (C(OH)–C–C–N with tert-alkyl or cyclic N) is 1. The van der Waals surface area contributed by atoms with E-state index in [1.165, 1.54) is 5.69 Å². The van der Waals surface area contributed by atoms with E-state index in [1.807, 2.05) is 42.5 Å². The molecule has 0 aliphatic carbocycles. The van der Waals surface area contributed by atoms with Crippen LogP contribution in [0.15, 0.2) is 42.5 Å². The van der Waals surface area contributed by atoms with Gasteiger partial charge in [0.1, 0.15) is 18.5 Å². The number of hydrogen-bond acceptors (Lipinski definition) is 5. The molecule has 0 unspecified atom stereocenters. The zero-order valence-corrected chi connectivity index (χ0v) is 17.2. The lowest BCUT2D eigenvalue weighted by Crippen LogP contribution is -2.54. The molecule has 4 rings (SSSR count). The Kier molecular flexibility index (Phi) is 5.94. The van der Waals surface area contributed by atoms with Crippen molar-refractivity contribution in [1.82, 2.24) is 4.90 Å². The Bertz CT molecular complexity index is 874. The lowest BCUT2D eigenvalue weighted by Gasteiger charge is -2.41. The molecule has 154 valence electrons. The van der Waals surface area contributed by atoms with Gasteiger partial charge in [-0.1, -0.05) is 11.6 Å². The van der Waals surface area contributed by atoms with Crippen LogP contribution in [-0.2, 0) is 11.2 Å². The number of nitrogens with one attached hydrogen (secondary N) is 1. The van der Waals surface area contributed by atoms with E-state index < -0.39 is 6.10 Å². The van der Waals surface area contributed by atoms with E-state index in [0.29, 0.717) is 24.8 Å². The number of carbonyl (C=O) groups is 1. The lowest BCUT2D eigenvalue weighted by molar-refractivity contribution is -0.115. The first kappa shape index (κ1) is 20.0. The topological polar surface area (TPSA) is 65.0 Å². The van der Waals surface area contributed by atoms with Gasteiger partial charge in [0.15, 0.2) is 0 Å². The molecule has 2 heterocycles. The third-order valence-electron chi connectivity index (χ3n) is 5.55. The lowest BCUT2D eigenvalue weighted by atomic mass is 10.1. The third-order valence-corrected chi connectivity index (χ3v) is 5.80. The van der Waals surface area contributed by atoms with Crippen LogP contribution in [0.25, 0.3) is 0 Å². The number of anilines is 2. The van der Waals surface area contributed by atoms with Crippen molar-refractivity contribution in [2.75, 3.05) is 43.0 Å². The maximum Gasteiger partial charge on any atom is 0.228 e. The monoisotopic (exact) mass is 415 g/mol. The summed E-state index contributed by atoms with van der Waals surface area (Å²) in [4.78, 5) is 16.1. The number of benzene rings is 2. The van der Waals surface area contributed by atoms with E-state index in [0.717, 1.165) is 35.9 Å². The van der Waals surface area contributed by atoms with Crippen LogP contribution in [0.1, 0.15) is 12.5 Å². The Hall–Kier alpha value is -2.28. The van der Waals surface area contributed by atoms with E-state index >= 15 is 0 Å².